The minimum absolute atomic E-state index is 0.0110. The molecule has 2 aliphatic rings. The highest BCUT2D eigenvalue weighted by Gasteiger charge is 2.26. The van der Waals surface area contributed by atoms with Crippen LogP contribution >= 0.6 is 0 Å². The molecular formula is C24H28N4O3. The van der Waals surface area contributed by atoms with Crippen molar-refractivity contribution in [1.82, 2.24) is 9.88 Å². The number of hydrogen-bond donors (Lipinski definition) is 1. The maximum Gasteiger partial charge on any atom is 0.246 e. The van der Waals surface area contributed by atoms with E-state index in [1.54, 1.807) is 17.2 Å². The van der Waals surface area contributed by atoms with Crippen molar-refractivity contribution in [3.8, 4) is 0 Å². The first kappa shape index (κ1) is 21.1. The molecule has 0 atom stereocenters. The molecule has 162 valence electrons. The summed E-state index contributed by atoms with van der Waals surface area (Å²) in [6.45, 7) is 4.32. The average Bonchev–Trinajstić information content (AvgIpc) is 2.84. The molecule has 0 saturated carbocycles. The highest BCUT2D eigenvalue weighted by Crippen LogP contribution is 2.21. The quantitative estimate of drug-likeness (QED) is 0.753. The zero-order valence-corrected chi connectivity index (χ0v) is 17.6. The lowest BCUT2D eigenvalue weighted by molar-refractivity contribution is -0.130. The number of morpholine rings is 1. The fourth-order valence-corrected chi connectivity index (χ4v) is 3.90. The van der Waals surface area contributed by atoms with E-state index in [0.717, 1.165) is 37.6 Å². The Morgan fingerprint density at radius 2 is 1.74 bits per heavy atom. The second-order valence-corrected chi connectivity index (χ2v) is 7.83. The van der Waals surface area contributed by atoms with Gasteiger partial charge in [-0.05, 0) is 36.6 Å². The van der Waals surface area contributed by atoms with Gasteiger partial charge in [0.1, 0.15) is 5.82 Å². The topological polar surface area (TPSA) is 74.8 Å². The average molecular weight is 421 g/mol. The van der Waals surface area contributed by atoms with Crippen molar-refractivity contribution in [2.45, 2.75) is 12.8 Å². The highest BCUT2D eigenvalue weighted by atomic mass is 16.5. The molecule has 1 N–H and O–H groups in total. The monoisotopic (exact) mass is 420 g/mol. The lowest BCUT2D eigenvalue weighted by Gasteiger charge is -2.30. The van der Waals surface area contributed by atoms with Gasteiger partial charge in [-0.3, -0.25) is 9.59 Å². The van der Waals surface area contributed by atoms with Gasteiger partial charge in [0.25, 0.3) is 0 Å². The van der Waals surface area contributed by atoms with Crippen LogP contribution in [0.4, 0.5) is 11.5 Å². The minimum Gasteiger partial charge on any atom is -0.378 e. The lowest BCUT2D eigenvalue weighted by Crippen LogP contribution is -2.40. The van der Waals surface area contributed by atoms with E-state index in [9.17, 15) is 9.59 Å². The van der Waals surface area contributed by atoms with Crippen LogP contribution < -0.4 is 10.2 Å². The molecule has 3 heterocycles. The van der Waals surface area contributed by atoms with E-state index in [2.05, 4.69) is 15.2 Å². The Labute approximate surface area is 182 Å². The van der Waals surface area contributed by atoms with Crippen LogP contribution in [-0.4, -0.2) is 61.1 Å². The SMILES string of the molecule is O=C(Nc1ccc(N2CCOCC2)cn1)C1CCN(C(=O)/C=C/c2ccccc2)CC1. The van der Waals surface area contributed by atoms with E-state index in [1.807, 2.05) is 48.5 Å². The number of anilines is 2. The van der Waals surface area contributed by atoms with Gasteiger partial charge in [-0.1, -0.05) is 30.3 Å². The van der Waals surface area contributed by atoms with Crippen LogP contribution in [-0.2, 0) is 14.3 Å². The molecule has 4 rings (SSSR count). The second-order valence-electron chi connectivity index (χ2n) is 7.83. The molecule has 2 amide bonds. The number of carbonyl (C=O) groups is 2. The van der Waals surface area contributed by atoms with Gasteiger partial charge in [-0.2, -0.15) is 0 Å². The molecule has 7 nitrogen and oxygen atoms in total. The van der Waals surface area contributed by atoms with Crippen LogP contribution in [0, 0.1) is 5.92 Å². The third-order valence-corrected chi connectivity index (χ3v) is 5.77. The summed E-state index contributed by atoms with van der Waals surface area (Å²) in [5.41, 5.74) is 2.04. The van der Waals surface area contributed by atoms with Crippen molar-refractivity contribution in [2.75, 3.05) is 49.6 Å². The zero-order valence-electron chi connectivity index (χ0n) is 17.6. The number of nitrogens with zero attached hydrogens (tertiary/aromatic N) is 3. The van der Waals surface area contributed by atoms with E-state index in [0.29, 0.717) is 31.7 Å². The van der Waals surface area contributed by atoms with Crippen LogP contribution in [0.25, 0.3) is 6.08 Å². The molecule has 0 spiro atoms. The molecular weight excluding hydrogens is 392 g/mol. The summed E-state index contributed by atoms with van der Waals surface area (Å²) < 4.78 is 5.37. The molecule has 0 bridgehead atoms. The van der Waals surface area contributed by atoms with E-state index in [4.69, 9.17) is 4.74 Å². The number of carbonyl (C=O) groups excluding carboxylic acids is 2. The van der Waals surface area contributed by atoms with Crippen molar-refractivity contribution < 1.29 is 14.3 Å². The van der Waals surface area contributed by atoms with Gasteiger partial charge in [-0.15, -0.1) is 0 Å². The third kappa shape index (κ3) is 5.70. The number of amides is 2. The molecule has 1 aromatic heterocycles. The molecule has 31 heavy (non-hydrogen) atoms. The number of rotatable bonds is 5. The summed E-state index contributed by atoms with van der Waals surface area (Å²) in [5.74, 6) is 0.413. The van der Waals surface area contributed by atoms with Gasteiger partial charge >= 0.3 is 0 Å². The lowest BCUT2D eigenvalue weighted by atomic mass is 9.96. The standard InChI is InChI=1S/C24H28N4O3/c29-23(9-6-19-4-2-1-3-5-19)28-12-10-20(11-13-28)24(30)26-22-8-7-21(18-25-22)27-14-16-31-17-15-27/h1-9,18,20H,10-17H2,(H,25,26,30)/b9-6+. The Morgan fingerprint density at radius 3 is 2.42 bits per heavy atom. The molecule has 2 aromatic rings. The molecule has 2 fully saturated rings. The number of piperidine rings is 1. The predicted octanol–water partition coefficient (Wildman–Crippen LogP) is 2.81. The van der Waals surface area contributed by atoms with E-state index in [-0.39, 0.29) is 17.7 Å². The van der Waals surface area contributed by atoms with Gasteiger partial charge in [-0.25, -0.2) is 4.98 Å². The Kier molecular flexibility index (Phi) is 6.94. The van der Waals surface area contributed by atoms with Crippen molar-refractivity contribution in [3.63, 3.8) is 0 Å². The van der Waals surface area contributed by atoms with Crippen molar-refractivity contribution in [3.05, 3.63) is 60.3 Å². The number of aromatic nitrogens is 1. The van der Waals surface area contributed by atoms with Gasteiger partial charge in [0.05, 0.1) is 25.1 Å². The smallest absolute Gasteiger partial charge is 0.246 e. The summed E-state index contributed by atoms with van der Waals surface area (Å²) in [7, 11) is 0. The number of pyridine rings is 1. The van der Waals surface area contributed by atoms with Crippen molar-refractivity contribution >= 4 is 29.4 Å². The van der Waals surface area contributed by atoms with E-state index in [1.165, 1.54) is 0 Å². The zero-order chi connectivity index (χ0) is 21.5. The molecule has 2 aliphatic heterocycles. The van der Waals surface area contributed by atoms with Crippen molar-refractivity contribution in [2.24, 2.45) is 5.92 Å². The van der Waals surface area contributed by atoms with Gasteiger partial charge in [0.15, 0.2) is 0 Å². The van der Waals surface area contributed by atoms with Crippen LogP contribution in [0.2, 0.25) is 0 Å². The fourth-order valence-electron chi connectivity index (χ4n) is 3.90. The van der Waals surface area contributed by atoms with Crippen LogP contribution in [0.1, 0.15) is 18.4 Å². The summed E-state index contributed by atoms with van der Waals surface area (Å²) in [6, 6.07) is 13.6. The summed E-state index contributed by atoms with van der Waals surface area (Å²) in [4.78, 5) is 33.5. The van der Waals surface area contributed by atoms with E-state index >= 15 is 0 Å². The normalized spacial score (nSPS) is 17.7. The maximum absolute atomic E-state index is 12.6. The second kappa shape index (κ2) is 10.2. The largest absolute Gasteiger partial charge is 0.378 e. The fraction of sp³-hybridized carbons (Fsp3) is 0.375. The van der Waals surface area contributed by atoms with Crippen LogP contribution in [0.15, 0.2) is 54.7 Å². The first-order valence-corrected chi connectivity index (χ1v) is 10.8. The van der Waals surface area contributed by atoms with E-state index < -0.39 is 0 Å². The molecule has 0 unspecified atom stereocenters. The summed E-state index contributed by atoms with van der Waals surface area (Å²) in [5, 5.41) is 2.92. The highest BCUT2D eigenvalue weighted by molar-refractivity contribution is 5.93. The Bertz CT molecular complexity index is 900. The number of hydrogen-bond acceptors (Lipinski definition) is 5. The van der Waals surface area contributed by atoms with Crippen LogP contribution in [0.3, 0.4) is 0 Å². The molecule has 7 heteroatoms. The van der Waals surface area contributed by atoms with Gasteiger partial charge in [0.2, 0.25) is 11.8 Å². The Balaban J connectivity index is 1.24. The number of benzene rings is 1. The molecule has 0 radical (unpaired) electrons. The van der Waals surface area contributed by atoms with Gasteiger partial charge < -0.3 is 19.9 Å². The summed E-state index contributed by atoms with van der Waals surface area (Å²) >= 11 is 0. The number of likely N-dealkylation sites (tertiary alicyclic amines) is 1. The molecule has 2 saturated heterocycles. The first-order chi connectivity index (χ1) is 15.2. The maximum atomic E-state index is 12.6. The first-order valence-electron chi connectivity index (χ1n) is 10.8. The van der Waals surface area contributed by atoms with Crippen molar-refractivity contribution in [1.29, 1.82) is 0 Å². The van der Waals surface area contributed by atoms with Crippen LogP contribution in [0.5, 0.6) is 0 Å². The van der Waals surface area contributed by atoms with Gasteiger partial charge in [0, 0.05) is 38.2 Å². The minimum atomic E-state index is -0.108. The molecule has 0 aliphatic carbocycles. The summed E-state index contributed by atoms with van der Waals surface area (Å²) in [6.07, 6.45) is 6.54. The number of ether oxygens (including phenoxy) is 1. The number of nitrogens with one attached hydrogen (secondary N) is 1. The third-order valence-electron chi connectivity index (χ3n) is 5.77. The molecule has 1 aromatic carbocycles. The Morgan fingerprint density at radius 1 is 1.00 bits per heavy atom. The Hall–Kier alpha value is -3.19. The predicted molar refractivity (Wildman–Crippen MR) is 121 cm³/mol.